The quantitative estimate of drug-likeness (QED) is 0.810. The zero-order valence-corrected chi connectivity index (χ0v) is 16.3. The molecule has 2 aliphatic carbocycles. The molecule has 2 aromatic rings. The average Bonchev–Trinajstić information content (AvgIpc) is 3.55. The Morgan fingerprint density at radius 2 is 1.59 bits per heavy atom. The minimum atomic E-state index is 0.564. The molecule has 0 bridgehead atoms. The topological polar surface area (TPSA) is 58.0 Å². The number of aromatic nitrogens is 4. The molecule has 0 spiro atoms. The summed E-state index contributed by atoms with van der Waals surface area (Å²) in [5.74, 6) is 3.90. The van der Waals surface area contributed by atoms with Crippen molar-refractivity contribution in [1.82, 2.24) is 19.9 Å². The highest BCUT2D eigenvalue weighted by Gasteiger charge is 2.37. The van der Waals surface area contributed by atoms with Gasteiger partial charge in [-0.3, -0.25) is 0 Å². The molecule has 1 aliphatic heterocycles. The van der Waals surface area contributed by atoms with Crippen LogP contribution in [0.3, 0.4) is 0 Å². The Morgan fingerprint density at radius 3 is 2.26 bits per heavy atom. The molecule has 6 heteroatoms. The van der Waals surface area contributed by atoms with Crippen LogP contribution in [0.2, 0.25) is 0 Å². The zero-order valence-electron chi connectivity index (χ0n) is 16.3. The van der Waals surface area contributed by atoms with Gasteiger partial charge >= 0.3 is 0 Å². The fraction of sp³-hybridized carbons (Fsp3) is 0.619. The molecule has 6 nitrogen and oxygen atoms in total. The first-order valence-corrected chi connectivity index (χ1v) is 10.3. The van der Waals surface area contributed by atoms with Crippen LogP contribution in [0.15, 0.2) is 18.5 Å². The number of hydrogen-bond donors (Lipinski definition) is 0. The third-order valence-electron chi connectivity index (χ3n) is 5.98. The van der Waals surface area contributed by atoms with Gasteiger partial charge in [0, 0.05) is 54.6 Å². The smallest absolute Gasteiger partial charge is 0.134 e. The van der Waals surface area contributed by atoms with E-state index in [9.17, 15) is 0 Å². The van der Waals surface area contributed by atoms with Crippen molar-refractivity contribution in [2.24, 2.45) is 0 Å². The summed E-state index contributed by atoms with van der Waals surface area (Å²) in [7, 11) is 0. The van der Waals surface area contributed by atoms with Gasteiger partial charge in [-0.25, -0.2) is 19.9 Å². The summed E-state index contributed by atoms with van der Waals surface area (Å²) in [6, 6.07) is 5.52. The molecule has 0 aromatic carbocycles. The second-order valence-corrected chi connectivity index (χ2v) is 8.37. The predicted octanol–water partition coefficient (Wildman–Crippen LogP) is 3.40. The van der Waals surface area contributed by atoms with Crippen LogP contribution in [-0.2, 0) is 0 Å². The van der Waals surface area contributed by atoms with Crippen LogP contribution in [0, 0.1) is 13.8 Å². The first kappa shape index (κ1) is 16.9. The first-order chi connectivity index (χ1) is 13.2. The standard InChI is InChI=1S/C21H28N6/c1-14-11-19(23-13-22-14)27(17-5-6-17)18-7-9-26(10-8-18)20-12-15(2)24-21(25-20)16-3-4-16/h11-13,16-18H,3-10H2,1-2H3. The van der Waals surface area contributed by atoms with Crippen LogP contribution >= 0.6 is 0 Å². The molecule has 3 aliphatic rings. The van der Waals surface area contributed by atoms with E-state index in [-0.39, 0.29) is 0 Å². The van der Waals surface area contributed by atoms with Gasteiger partial charge < -0.3 is 9.80 Å². The SMILES string of the molecule is Cc1cc(N(C2CC2)C2CCN(c3cc(C)nc(C4CC4)n3)CC2)ncn1. The van der Waals surface area contributed by atoms with Crippen LogP contribution in [0.1, 0.15) is 61.7 Å². The Bertz CT molecular complexity index is 821. The molecule has 27 heavy (non-hydrogen) atoms. The average molecular weight is 364 g/mol. The van der Waals surface area contributed by atoms with Gasteiger partial charge in [-0.05, 0) is 52.4 Å². The van der Waals surface area contributed by atoms with Crippen molar-refractivity contribution < 1.29 is 0 Å². The lowest BCUT2D eigenvalue weighted by Crippen LogP contribution is -2.46. The Kier molecular flexibility index (Phi) is 4.21. The van der Waals surface area contributed by atoms with E-state index in [4.69, 9.17) is 4.98 Å². The van der Waals surface area contributed by atoms with Crippen LogP contribution in [0.4, 0.5) is 11.6 Å². The maximum absolute atomic E-state index is 4.89. The van der Waals surface area contributed by atoms with E-state index >= 15 is 0 Å². The summed E-state index contributed by atoms with van der Waals surface area (Å²) in [6.07, 6.45) is 9.10. The van der Waals surface area contributed by atoms with Crippen LogP contribution in [0.25, 0.3) is 0 Å². The van der Waals surface area contributed by atoms with Crippen molar-refractivity contribution in [2.75, 3.05) is 22.9 Å². The fourth-order valence-electron chi connectivity index (χ4n) is 4.24. The van der Waals surface area contributed by atoms with Crippen LogP contribution < -0.4 is 9.80 Å². The van der Waals surface area contributed by atoms with Crippen molar-refractivity contribution in [2.45, 2.75) is 70.4 Å². The van der Waals surface area contributed by atoms with E-state index < -0.39 is 0 Å². The Balaban J connectivity index is 1.31. The molecular weight excluding hydrogens is 336 g/mol. The lowest BCUT2D eigenvalue weighted by molar-refractivity contribution is 0.457. The number of hydrogen-bond acceptors (Lipinski definition) is 6. The lowest BCUT2D eigenvalue weighted by atomic mass is 10.0. The Morgan fingerprint density at radius 1 is 0.852 bits per heavy atom. The third kappa shape index (κ3) is 3.62. The number of nitrogens with zero attached hydrogens (tertiary/aromatic N) is 6. The van der Waals surface area contributed by atoms with Gasteiger partial charge in [0.1, 0.15) is 23.8 Å². The highest BCUT2D eigenvalue weighted by atomic mass is 15.3. The summed E-state index contributed by atoms with van der Waals surface area (Å²) >= 11 is 0. The maximum Gasteiger partial charge on any atom is 0.134 e. The summed E-state index contributed by atoms with van der Waals surface area (Å²) in [5.41, 5.74) is 2.15. The number of rotatable bonds is 5. The second kappa shape index (κ2) is 6.73. The van der Waals surface area contributed by atoms with Crippen molar-refractivity contribution in [1.29, 1.82) is 0 Å². The highest BCUT2D eigenvalue weighted by Crippen LogP contribution is 2.39. The molecule has 142 valence electrons. The van der Waals surface area contributed by atoms with Crippen LogP contribution in [-0.4, -0.2) is 45.1 Å². The van der Waals surface area contributed by atoms with E-state index in [1.54, 1.807) is 6.33 Å². The monoisotopic (exact) mass is 364 g/mol. The largest absolute Gasteiger partial charge is 0.356 e. The van der Waals surface area contributed by atoms with Crippen molar-refractivity contribution >= 4 is 11.6 Å². The number of aryl methyl sites for hydroxylation is 2. The van der Waals surface area contributed by atoms with Gasteiger partial charge in [0.05, 0.1) is 0 Å². The molecule has 3 heterocycles. The predicted molar refractivity (Wildman–Crippen MR) is 106 cm³/mol. The minimum Gasteiger partial charge on any atom is -0.356 e. The molecule has 2 aromatic heterocycles. The highest BCUT2D eigenvalue weighted by molar-refractivity contribution is 5.45. The molecule has 3 fully saturated rings. The lowest BCUT2D eigenvalue weighted by Gasteiger charge is -2.40. The summed E-state index contributed by atoms with van der Waals surface area (Å²) in [6.45, 7) is 6.25. The van der Waals surface area contributed by atoms with E-state index in [0.717, 1.165) is 54.8 Å². The van der Waals surface area contributed by atoms with E-state index in [0.29, 0.717) is 18.0 Å². The molecule has 5 rings (SSSR count). The molecule has 0 amide bonds. The summed E-state index contributed by atoms with van der Waals surface area (Å²) in [5, 5.41) is 0. The zero-order chi connectivity index (χ0) is 18.4. The summed E-state index contributed by atoms with van der Waals surface area (Å²) in [4.78, 5) is 23.4. The molecule has 0 N–H and O–H groups in total. The molecular formula is C21H28N6. The van der Waals surface area contributed by atoms with E-state index in [2.05, 4.69) is 43.8 Å². The number of piperidine rings is 1. The van der Waals surface area contributed by atoms with Gasteiger partial charge in [0.25, 0.3) is 0 Å². The van der Waals surface area contributed by atoms with Gasteiger partial charge in [-0.2, -0.15) is 0 Å². The van der Waals surface area contributed by atoms with Crippen molar-refractivity contribution in [3.63, 3.8) is 0 Å². The third-order valence-corrected chi connectivity index (χ3v) is 5.98. The number of anilines is 2. The Hall–Kier alpha value is -2.24. The van der Waals surface area contributed by atoms with Crippen LogP contribution in [0.5, 0.6) is 0 Å². The normalized spacial score (nSPS) is 20.7. The molecule has 1 saturated heterocycles. The summed E-state index contributed by atoms with van der Waals surface area (Å²) < 4.78 is 0. The second-order valence-electron chi connectivity index (χ2n) is 8.37. The first-order valence-electron chi connectivity index (χ1n) is 10.3. The van der Waals surface area contributed by atoms with Gasteiger partial charge in [-0.1, -0.05) is 0 Å². The van der Waals surface area contributed by atoms with Crippen molar-refractivity contribution in [3.05, 3.63) is 35.7 Å². The van der Waals surface area contributed by atoms with Gasteiger partial charge in [0.15, 0.2) is 0 Å². The molecule has 0 unspecified atom stereocenters. The molecule has 2 saturated carbocycles. The molecule has 0 atom stereocenters. The van der Waals surface area contributed by atoms with Crippen molar-refractivity contribution in [3.8, 4) is 0 Å². The van der Waals surface area contributed by atoms with Gasteiger partial charge in [-0.15, -0.1) is 0 Å². The van der Waals surface area contributed by atoms with Gasteiger partial charge in [0.2, 0.25) is 0 Å². The van der Waals surface area contributed by atoms with E-state index in [1.165, 1.54) is 25.7 Å². The molecule has 0 radical (unpaired) electrons. The van der Waals surface area contributed by atoms with E-state index in [1.807, 2.05) is 6.92 Å². The minimum absolute atomic E-state index is 0.564. The Labute approximate surface area is 161 Å². The fourth-order valence-corrected chi connectivity index (χ4v) is 4.24. The maximum atomic E-state index is 4.89.